The maximum absolute atomic E-state index is 13.4. The van der Waals surface area contributed by atoms with Crippen LogP contribution < -0.4 is 11.1 Å². The number of amides is 1. The first-order valence-corrected chi connectivity index (χ1v) is 6.22. The second kappa shape index (κ2) is 6.21. The number of benzene rings is 2. The van der Waals surface area contributed by atoms with Crippen LogP contribution in [0.2, 0.25) is 5.02 Å². The first-order valence-electron chi connectivity index (χ1n) is 5.85. The monoisotopic (exact) mass is 290 g/mol. The molecular formula is C15H12ClFN2O. The van der Waals surface area contributed by atoms with Crippen molar-refractivity contribution in [1.29, 1.82) is 0 Å². The minimum absolute atomic E-state index is 0.0406. The van der Waals surface area contributed by atoms with Crippen molar-refractivity contribution in [1.82, 2.24) is 0 Å². The molecule has 0 spiro atoms. The second-order valence-electron chi connectivity index (χ2n) is 4.08. The van der Waals surface area contributed by atoms with Crippen LogP contribution in [0.25, 0.3) is 6.08 Å². The van der Waals surface area contributed by atoms with Crippen LogP contribution >= 0.6 is 11.6 Å². The summed E-state index contributed by atoms with van der Waals surface area (Å²) in [6.07, 6.45) is 2.84. The van der Waals surface area contributed by atoms with Crippen molar-refractivity contribution in [3.63, 3.8) is 0 Å². The molecule has 2 aromatic carbocycles. The number of hydrogen-bond donors (Lipinski definition) is 2. The van der Waals surface area contributed by atoms with Gasteiger partial charge in [0.05, 0.1) is 5.69 Å². The average Bonchev–Trinajstić information content (AvgIpc) is 2.42. The van der Waals surface area contributed by atoms with E-state index in [1.54, 1.807) is 30.3 Å². The molecule has 0 aliphatic rings. The van der Waals surface area contributed by atoms with Gasteiger partial charge in [-0.15, -0.1) is 0 Å². The molecule has 0 fully saturated rings. The molecule has 0 saturated heterocycles. The normalized spacial score (nSPS) is 10.7. The molecule has 0 aliphatic heterocycles. The molecule has 3 N–H and O–H groups in total. The van der Waals surface area contributed by atoms with Gasteiger partial charge in [0, 0.05) is 16.8 Å². The van der Waals surface area contributed by atoms with E-state index in [0.717, 1.165) is 0 Å². The Kier molecular flexibility index (Phi) is 4.38. The van der Waals surface area contributed by atoms with Crippen LogP contribution in [0.1, 0.15) is 5.56 Å². The van der Waals surface area contributed by atoms with Crippen LogP contribution in [0.15, 0.2) is 48.5 Å². The lowest BCUT2D eigenvalue weighted by molar-refractivity contribution is -0.111. The van der Waals surface area contributed by atoms with E-state index in [0.29, 0.717) is 16.3 Å². The lowest BCUT2D eigenvalue weighted by Gasteiger charge is -2.04. The van der Waals surface area contributed by atoms with Gasteiger partial charge in [0.25, 0.3) is 0 Å². The highest BCUT2D eigenvalue weighted by atomic mass is 35.5. The largest absolute Gasteiger partial charge is 0.399 e. The Balaban J connectivity index is 2.10. The second-order valence-corrected chi connectivity index (χ2v) is 4.49. The van der Waals surface area contributed by atoms with Crippen molar-refractivity contribution >= 4 is 35.0 Å². The third kappa shape index (κ3) is 3.59. The number of nitrogens with one attached hydrogen (secondary N) is 1. The van der Waals surface area contributed by atoms with Gasteiger partial charge in [0.1, 0.15) is 5.82 Å². The number of hydrogen-bond acceptors (Lipinski definition) is 2. The SMILES string of the molecule is Nc1ccc(F)c(NC(=O)/C=C/c2ccccc2Cl)c1. The molecule has 0 aromatic heterocycles. The molecule has 20 heavy (non-hydrogen) atoms. The Bertz CT molecular complexity index is 671. The van der Waals surface area contributed by atoms with Crippen LogP contribution in [0.3, 0.4) is 0 Å². The molecule has 0 unspecified atom stereocenters. The number of carbonyl (C=O) groups is 1. The van der Waals surface area contributed by atoms with Gasteiger partial charge in [-0.05, 0) is 35.9 Å². The van der Waals surface area contributed by atoms with Gasteiger partial charge in [0.15, 0.2) is 0 Å². The van der Waals surface area contributed by atoms with E-state index in [-0.39, 0.29) is 5.69 Å². The van der Waals surface area contributed by atoms with Gasteiger partial charge in [-0.1, -0.05) is 29.8 Å². The maximum atomic E-state index is 13.4. The molecule has 0 bridgehead atoms. The van der Waals surface area contributed by atoms with Crippen molar-refractivity contribution in [3.8, 4) is 0 Å². The van der Waals surface area contributed by atoms with E-state index in [9.17, 15) is 9.18 Å². The van der Waals surface area contributed by atoms with Crippen molar-refractivity contribution in [2.24, 2.45) is 0 Å². The fourth-order valence-corrected chi connectivity index (χ4v) is 1.79. The summed E-state index contributed by atoms with van der Waals surface area (Å²) in [6.45, 7) is 0. The molecular weight excluding hydrogens is 279 g/mol. The van der Waals surface area contributed by atoms with Crippen molar-refractivity contribution in [2.45, 2.75) is 0 Å². The highest BCUT2D eigenvalue weighted by molar-refractivity contribution is 6.32. The number of carbonyl (C=O) groups excluding carboxylic acids is 1. The minimum atomic E-state index is -0.543. The standard InChI is InChI=1S/C15H12ClFN2O/c16-12-4-2-1-3-10(12)5-8-15(20)19-14-9-11(18)6-7-13(14)17/h1-9H,18H2,(H,19,20)/b8-5+. The Morgan fingerprint density at radius 2 is 2.00 bits per heavy atom. The molecule has 2 aromatic rings. The number of rotatable bonds is 3. The third-order valence-electron chi connectivity index (χ3n) is 2.57. The summed E-state index contributed by atoms with van der Waals surface area (Å²) in [7, 11) is 0. The Morgan fingerprint density at radius 1 is 1.25 bits per heavy atom. The van der Waals surface area contributed by atoms with Crippen LogP contribution in [-0.2, 0) is 4.79 Å². The summed E-state index contributed by atoms with van der Waals surface area (Å²) in [6, 6.07) is 11.1. The highest BCUT2D eigenvalue weighted by Gasteiger charge is 2.05. The summed E-state index contributed by atoms with van der Waals surface area (Å²) in [5.74, 6) is -1.01. The smallest absolute Gasteiger partial charge is 0.248 e. The third-order valence-corrected chi connectivity index (χ3v) is 2.91. The first kappa shape index (κ1) is 14.1. The molecule has 0 radical (unpaired) electrons. The highest BCUT2D eigenvalue weighted by Crippen LogP contribution is 2.18. The van der Waals surface area contributed by atoms with E-state index in [4.69, 9.17) is 17.3 Å². The predicted octanol–water partition coefficient (Wildman–Crippen LogP) is 3.71. The zero-order valence-electron chi connectivity index (χ0n) is 10.4. The number of anilines is 2. The van der Waals surface area contributed by atoms with Gasteiger partial charge in [-0.25, -0.2) is 4.39 Å². The number of nitrogens with two attached hydrogens (primary N) is 1. The molecule has 102 valence electrons. The summed E-state index contributed by atoms with van der Waals surface area (Å²) in [5.41, 5.74) is 6.65. The Morgan fingerprint density at radius 3 is 2.75 bits per heavy atom. The maximum Gasteiger partial charge on any atom is 0.248 e. The predicted molar refractivity (Wildman–Crippen MR) is 79.9 cm³/mol. The Hall–Kier alpha value is -2.33. The van der Waals surface area contributed by atoms with E-state index in [2.05, 4.69) is 5.32 Å². The molecule has 5 heteroatoms. The lowest BCUT2D eigenvalue weighted by Crippen LogP contribution is -2.09. The van der Waals surface area contributed by atoms with Gasteiger partial charge in [0.2, 0.25) is 5.91 Å². The topological polar surface area (TPSA) is 55.1 Å². The van der Waals surface area contributed by atoms with Crippen molar-refractivity contribution < 1.29 is 9.18 Å². The van der Waals surface area contributed by atoms with Crippen molar-refractivity contribution in [3.05, 3.63) is 64.9 Å². The molecule has 0 aliphatic carbocycles. The van der Waals surface area contributed by atoms with E-state index in [1.807, 2.05) is 0 Å². The van der Waals surface area contributed by atoms with Gasteiger partial charge >= 0.3 is 0 Å². The Labute approximate surface area is 120 Å². The fourth-order valence-electron chi connectivity index (χ4n) is 1.59. The zero-order chi connectivity index (χ0) is 14.5. The van der Waals surface area contributed by atoms with Gasteiger partial charge < -0.3 is 11.1 Å². The van der Waals surface area contributed by atoms with E-state index in [1.165, 1.54) is 24.3 Å². The van der Waals surface area contributed by atoms with Crippen LogP contribution in [-0.4, -0.2) is 5.91 Å². The first-order chi connectivity index (χ1) is 9.56. The van der Waals surface area contributed by atoms with Crippen molar-refractivity contribution in [2.75, 3.05) is 11.1 Å². The average molecular weight is 291 g/mol. The summed E-state index contributed by atoms with van der Waals surface area (Å²) >= 11 is 5.95. The van der Waals surface area contributed by atoms with Crippen LogP contribution in [0, 0.1) is 5.82 Å². The van der Waals surface area contributed by atoms with Crippen LogP contribution in [0.4, 0.5) is 15.8 Å². The quantitative estimate of drug-likeness (QED) is 0.669. The van der Waals surface area contributed by atoms with E-state index >= 15 is 0 Å². The number of nitrogen functional groups attached to an aromatic ring is 1. The summed E-state index contributed by atoms with van der Waals surface area (Å²) in [4.78, 5) is 11.7. The van der Waals surface area contributed by atoms with Gasteiger partial charge in [-0.2, -0.15) is 0 Å². The van der Waals surface area contributed by atoms with E-state index < -0.39 is 11.7 Å². The van der Waals surface area contributed by atoms with Gasteiger partial charge in [-0.3, -0.25) is 4.79 Å². The zero-order valence-corrected chi connectivity index (χ0v) is 11.2. The molecule has 0 atom stereocenters. The fraction of sp³-hybridized carbons (Fsp3) is 0. The number of halogens is 2. The molecule has 0 saturated carbocycles. The molecule has 1 amide bonds. The lowest BCUT2D eigenvalue weighted by atomic mass is 10.2. The molecule has 2 rings (SSSR count). The van der Waals surface area contributed by atoms with Crippen LogP contribution in [0.5, 0.6) is 0 Å². The summed E-state index contributed by atoms with van der Waals surface area (Å²) < 4.78 is 13.4. The summed E-state index contributed by atoms with van der Waals surface area (Å²) in [5, 5.41) is 2.95. The molecule has 0 heterocycles. The molecule has 3 nitrogen and oxygen atoms in total. The minimum Gasteiger partial charge on any atom is -0.399 e.